The maximum atomic E-state index is 12.0. The Labute approximate surface area is 145 Å². The predicted molar refractivity (Wildman–Crippen MR) is 94.1 cm³/mol. The van der Waals surface area contributed by atoms with Crippen LogP contribution in [0.15, 0.2) is 0 Å². The lowest BCUT2D eigenvalue weighted by atomic mass is 9.88. The Morgan fingerprint density at radius 1 is 1.21 bits per heavy atom. The van der Waals surface area contributed by atoms with Crippen LogP contribution < -0.4 is 5.32 Å². The van der Waals surface area contributed by atoms with E-state index in [0.29, 0.717) is 0 Å². The molecule has 1 amide bonds. The molecule has 0 saturated carbocycles. The zero-order valence-electron chi connectivity index (χ0n) is 15.9. The van der Waals surface area contributed by atoms with Gasteiger partial charge in [-0.1, -0.05) is 26.7 Å². The molecule has 0 unspecified atom stereocenters. The number of unbranched alkanes of at least 4 members (excludes halogenated alkanes) is 3. The van der Waals surface area contributed by atoms with Gasteiger partial charge in [0.1, 0.15) is 5.60 Å². The summed E-state index contributed by atoms with van der Waals surface area (Å²) in [6, 6.07) is 0.0827. The highest BCUT2D eigenvalue weighted by atomic mass is 16.6. The van der Waals surface area contributed by atoms with Crippen LogP contribution >= 0.6 is 0 Å². The number of carboxylic acid groups (broad SMARTS) is 1. The molecular weight excluding hydrogens is 308 g/mol. The van der Waals surface area contributed by atoms with Gasteiger partial charge in [0, 0.05) is 19.5 Å². The van der Waals surface area contributed by atoms with Gasteiger partial charge in [-0.15, -0.1) is 0 Å². The van der Waals surface area contributed by atoms with E-state index in [1.807, 2.05) is 20.8 Å². The second-order valence-corrected chi connectivity index (χ2v) is 8.48. The van der Waals surface area contributed by atoms with E-state index in [1.54, 1.807) is 0 Å². The molecule has 0 bridgehead atoms. The fraction of sp³-hybridized carbons (Fsp3) is 0.889. The molecule has 1 rings (SSSR count). The number of amides is 1. The SMILES string of the molecule is CC(C)(C)OC(=O)N[C@H]1CN(CCCCCCC(=O)O)CC1(C)C. The van der Waals surface area contributed by atoms with Gasteiger partial charge >= 0.3 is 12.1 Å². The number of nitrogens with one attached hydrogen (secondary N) is 1. The van der Waals surface area contributed by atoms with Crippen LogP contribution in [0.1, 0.15) is 66.7 Å². The first-order valence-corrected chi connectivity index (χ1v) is 8.93. The van der Waals surface area contributed by atoms with Crippen LogP contribution in [0.5, 0.6) is 0 Å². The standard InChI is InChI=1S/C18H34N2O4/c1-17(2,3)24-16(23)19-14-12-20(13-18(14,4)5)11-9-7-6-8-10-15(21)22/h14H,6-13H2,1-5H3,(H,19,23)(H,21,22)/t14-/m0/s1. The molecule has 0 aliphatic carbocycles. The second kappa shape index (κ2) is 8.70. The van der Waals surface area contributed by atoms with Gasteiger partial charge in [0.25, 0.3) is 0 Å². The van der Waals surface area contributed by atoms with Crippen LogP contribution in [0, 0.1) is 5.41 Å². The average Bonchev–Trinajstić information content (AvgIpc) is 2.65. The minimum atomic E-state index is -0.715. The van der Waals surface area contributed by atoms with Crippen LogP contribution in [0.4, 0.5) is 4.79 Å². The molecule has 0 aromatic rings. The molecule has 1 heterocycles. The van der Waals surface area contributed by atoms with Crippen molar-refractivity contribution in [1.82, 2.24) is 10.2 Å². The zero-order chi connectivity index (χ0) is 18.4. The summed E-state index contributed by atoms with van der Waals surface area (Å²) in [4.78, 5) is 24.8. The molecule has 0 aromatic carbocycles. The van der Waals surface area contributed by atoms with Gasteiger partial charge in [0.2, 0.25) is 0 Å². The fourth-order valence-corrected chi connectivity index (χ4v) is 3.08. The summed E-state index contributed by atoms with van der Waals surface area (Å²) in [5.74, 6) is -0.715. The molecular formula is C18H34N2O4. The topological polar surface area (TPSA) is 78.9 Å². The summed E-state index contributed by atoms with van der Waals surface area (Å²) in [5, 5.41) is 11.6. The summed E-state index contributed by atoms with van der Waals surface area (Å²) in [6.07, 6.45) is 3.74. The number of carbonyl (C=O) groups excluding carboxylic acids is 1. The summed E-state index contributed by atoms with van der Waals surface area (Å²) < 4.78 is 5.36. The molecule has 1 saturated heterocycles. The van der Waals surface area contributed by atoms with Gasteiger partial charge in [0.15, 0.2) is 0 Å². The number of rotatable bonds is 8. The van der Waals surface area contributed by atoms with Crippen LogP contribution in [-0.4, -0.2) is 53.3 Å². The highest BCUT2D eigenvalue weighted by Crippen LogP contribution is 2.30. The van der Waals surface area contributed by atoms with Gasteiger partial charge in [-0.2, -0.15) is 0 Å². The van der Waals surface area contributed by atoms with Crippen LogP contribution in [0.3, 0.4) is 0 Å². The zero-order valence-corrected chi connectivity index (χ0v) is 15.9. The Morgan fingerprint density at radius 3 is 2.42 bits per heavy atom. The van der Waals surface area contributed by atoms with Crippen LogP contribution in [-0.2, 0) is 9.53 Å². The number of aliphatic carboxylic acids is 1. The van der Waals surface area contributed by atoms with Gasteiger partial charge < -0.3 is 20.1 Å². The number of likely N-dealkylation sites (tertiary alicyclic amines) is 1. The molecule has 1 aliphatic rings. The number of hydrogen-bond donors (Lipinski definition) is 2. The van der Waals surface area contributed by atoms with E-state index in [1.165, 1.54) is 0 Å². The maximum Gasteiger partial charge on any atom is 0.407 e. The van der Waals surface area contributed by atoms with E-state index in [0.717, 1.165) is 45.3 Å². The van der Waals surface area contributed by atoms with Crippen molar-refractivity contribution in [2.45, 2.75) is 78.4 Å². The monoisotopic (exact) mass is 342 g/mol. The van der Waals surface area contributed by atoms with Gasteiger partial charge in [0.05, 0.1) is 6.04 Å². The molecule has 0 spiro atoms. The average molecular weight is 342 g/mol. The van der Waals surface area contributed by atoms with E-state index in [-0.39, 0.29) is 24.0 Å². The number of carboxylic acids is 1. The van der Waals surface area contributed by atoms with Crippen molar-refractivity contribution in [2.75, 3.05) is 19.6 Å². The molecule has 1 atom stereocenters. The first-order valence-electron chi connectivity index (χ1n) is 8.93. The van der Waals surface area contributed by atoms with E-state index in [4.69, 9.17) is 9.84 Å². The van der Waals surface area contributed by atoms with Crippen LogP contribution in [0.25, 0.3) is 0 Å². The Morgan fingerprint density at radius 2 is 1.83 bits per heavy atom. The van der Waals surface area contributed by atoms with Crippen LogP contribution in [0.2, 0.25) is 0 Å². The molecule has 2 N–H and O–H groups in total. The molecule has 140 valence electrons. The Bertz CT molecular complexity index is 429. The number of alkyl carbamates (subject to hydrolysis) is 1. The normalized spacial score (nSPS) is 20.8. The predicted octanol–water partition coefficient (Wildman–Crippen LogP) is 3.26. The Kier molecular flexibility index (Phi) is 7.52. The summed E-state index contributed by atoms with van der Waals surface area (Å²) in [5.41, 5.74) is -0.470. The van der Waals surface area contributed by atoms with E-state index in [9.17, 15) is 9.59 Å². The molecule has 6 nitrogen and oxygen atoms in total. The summed E-state index contributed by atoms with van der Waals surface area (Å²) in [7, 11) is 0. The van der Waals surface area contributed by atoms with Crippen molar-refractivity contribution < 1.29 is 19.4 Å². The van der Waals surface area contributed by atoms with Crippen molar-refractivity contribution in [3.63, 3.8) is 0 Å². The van der Waals surface area contributed by atoms with Gasteiger partial charge in [-0.3, -0.25) is 4.79 Å². The molecule has 1 aliphatic heterocycles. The lowest BCUT2D eigenvalue weighted by Crippen LogP contribution is -2.46. The molecule has 0 radical (unpaired) electrons. The van der Waals surface area contributed by atoms with Crippen molar-refractivity contribution >= 4 is 12.1 Å². The largest absolute Gasteiger partial charge is 0.481 e. The lowest BCUT2D eigenvalue weighted by Gasteiger charge is -2.28. The van der Waals surface area contributed by atoms with Crippen molar-refractivity contribution in [3.05, 3.63) is 0 Å². The molecule has 1 fully saturated rings. The highest BCUT2D eigenvalue weighted by molar-refractivity contribution is 5.68. The maximum absolute atomic E-state index is 12.0. The number of nitrogens with zero attached hydrogens (tertiary/aromatic N) is 1. The van der Waals surface area contributed by atoms with Gasteiger partial charge in [-0.25, -0.2) is 4.79 Å². The van der Waals surface area contributed by atoms with Crippen molar-refractivity contribution in [1.29, 1.82) is 0 Å². The second-order valence-electron chi connectivity index (χ2n) is 8.48. The summed E-state index contributed by atoms with van der Waals surface area (Å²) >= 11 is 0. The minimum absolute atomic E-state index is 0.0141. The smallest absolute Gasteiger partial charge is 0.407 e. The van der Waals surface area contributed by atoms with Gasteiger partial charge in [-0.05, 0) is 45.6 Å². The molecule has 0 aromatic heterocycles. The Hall–Kier alpha value is -1.30. The van der Waals surface area contributed by atoms with E-state index < -0.39 is 11.6 Å². The number of hydrogen-bond acceptors (Lipinski definition) is 4. The lowest BCUT2D eigenvalue weighted by molar-refractivity contribution is -0.137. The van der Waals surface area contributed by atoms with Crippen molar-refractivity contribution in [3.8, 4) is 0 Å². The quantitative estimate of drug-likeness (QED) is 0.662. The van der Waals surface area contributed by atoms with E-state index in [2.05, 4.69) is 24.1 Å². The highest BCUT2D eigenvalue weighted by Gasteiger charge is 2.40. The third-order valence-electron chi connectivity index (χ3n) is 4.32. The number of ether oxygens (including phenoxy) is 1. The first kappa shape index (κ1) is 20.7. The Balaban J connectivity index is 2.31. The van der Waals surface area contributed by atoms with Crippen molar-refractivity contribution in [2.24, 2.45) is 5.41 Å². The fourth-order valence-electron chi connectivity index (χ4n) is 3.08. The molecule has 24 heavy (non-hydrogen) atoms. The first-order chi connectivity index (χ1) is 11.0. The molecule has 6 heteroatoms. The third-order valence-corrected chi connectivity index (χ3v) is 4.32. The summed E-state index contributed by atoms with van der Waals surface area (Å²) in [6.45, 7) is 12.7. The van der Waals surface area contributed by atoms with E-state index >= 15 is 0 Å². The minimum Gasteiger partial charge on any atom is -0.481 e. The number of carbonyl (C=O) groups is 2. The third kappa shape index (κ3) is 7.99.